The summed E-state index contributed by atoms with van der Waals surface area (Å²) in [5.74, 6) is -0.274. The molecule has 1 atom stereocenters. The molecule has 3 rings (SSSR count). The quantitative estimate of drug-likeness (QED) is 0.533. The lowest BCUT2D eigenvalue weighted by molar-refractivity contribution is -0.140. The van der Waals surface area contributed by atoms with E-state index in [0.717, 1.165) is 22.3 Å². The summed E-state index contributed by atoms with van der Waals surface area (Å²) in [6.07, 6.45) is 0.670. The molecule has 0 aromatic heterocycles. The summed E-state index contributed by atoms with van der Waals surface area (Å²) in [5.41, 5.74) is 5.19. The Morgan fingerprint density at radius 2 is 1.53 bits per heavy atom. The zero-order valence-corrected chi connectivity index (χ0v) is 19.5. The normalized spacial score (nSPS) is 11.6. The van der Waals surface area contributed by atoms with Crippen LogP contribution in [0.15, 0.2) is 72.8 Å². The van der Waals surface area contributed by atoms with Crippen molar-refractivity contribution in [3.8, 4) is 0 Å². The summed E-state index contributed by atoms with van der Waals surface area (Å²) in [4.78, 5) is 28.2. The van der Waals surface area contributed by atoms with E-state index in [4.69, 9.17) is 11.6 Å². The third-order valence-electron chi connectivity index (χ3n) is 5.71. The highest BCUT2D eigenvalue weighted by atomic mass is 35.5. The lowest BCUT2D eigenvalue weighted by Gasteiger charge is -2.31. The van der Waals surface area contributed by atoms with Gasteiger partial charge in [0.2, 0.25) is 11.8 Å². The zero-order chi connectivity index (χ0) is 23.1. The molecular weight excluding hydrogens is 420 g/mol. The van der Waals surface area contributed by atoms with E-state index in [0.29, 0.717) is 18.0 Å². The van der Waals surface area contributed by atoms with E-state index in [-0.39, 0.29) is 18.2 Å². The predicted octanol–water partition coefficient (Wildman–Crippen LogP) is 4.89. The first-order chi connectivity index (χ1) is 15.4. The Hall–Kier alpha value is -3.11. The van der Waals surface area contributed by atoms with E-state index in [9.17, 15) is 9.59 Å². The molecule has 5 heteroatoms. The number of benzene rings is 3. The van der Waals surface area contributed by atoms with Crippen molar-refractivity contribution in [2.24, 2.45) is 0 Å². The van der Waals surface area contributed by atoms with E-state index >= 15 is 0 Å². The highest BCUT2D eigenvalue weighted by molar-refractivity contribution is 6.30. The molecule has 1 N–H and O–H groups in total. The standard InChI is InChI=1S/C27H29ClN2O2/c1-19-9-10-23(15-20(19)2)17-26(31)30(18-22-11-13-24(28)14-12-22)25(27(32)29-3)16-21-7-5-4-6-8-21/h4-15,25H,16-18H2,1-3H3,(H,29,32). The Balaban J connectivity index is 1.93. The van der Waals surface area contributed by atoms with Gasteiger partial charge in [0.05, 0.1) is 6.42 Å². The number of nitrogens with zero attached hydrogens (tertiary/aromatic N) is 1. The maximum atomic E-state index is 13.6. The van der Waals surface area contributed by atoms with Gasteiger partial charge in [-0.15, -0.1) is 0 Å². The molecule has 1 unspecified atom stereocenters. The van der Waals surface area contributed by atoms with Gasteiger partial charge in [-0.3, -0.25) is 9.59 Å². The number of likely N-dealkylation sites (N-methyl/N-ethyl adjacent to an activating group) is 1. The highest BCUT2D eigenvalue weighted by Gasteiger charge is 2.29. The number of rotatable bonds is 8. The van der Waals surface area contributed by atoms with Crippen molar-refractivity contribution in [3.63, 3.8) is 0 Å². The van der Waals surface area contributed by atoms with Crippen LogP contribution in [-0.4, -0.2) is 29.8 Å². The number of carbonyl (C=O) groups excluding carboxylic acids is 2. The van der Waals surface area contributed by atoms with Gasteiger partial charge in [0.15, 0.2) is 0 Å². The van der Waals surface area contributed by atoms with Crippen molar-refractivity contribution < 1.29 is 9.59 Å². The largest absolute Gasteiger partial charge is 0.357 e. The third-order valence-corrected chi connectivity index (χ3v) is 5.96. The van der Waals surface area contributed by atoms with Gasteiger partial charge in [0, 0.05) is 25.0 Å². The minimum Gasteiger partial charge on any atom is -0.357 e. The summed E-state index contributed by atoms with van der Waals surface area (Å²) in [6, 6.07) is 22.6. The summed E-state index contributed by atoms with van der Waals surface area (Å²) in [7, 11) is 1.61. The molecule has 0 fully saturated rings. The summed E-state index contributed by atoms with van der Waals surface area (Å²) in [6.45, 7) is 4.42. The molecule has 0 heterocycles. The molecule has 0 aliphatic rings. The van der Waals surface area contributed by atoms with E-state index < -0.39 is 6.04 Å². The van der Waals surface area contributed by atoms with Crippen molar-refractivity contribution in [3.05, 3.63) is 106 Å². The lowest BCUT2D eigenvalue weighted by Crippen LogP contribution is -2.50. The van der Waals surface area contributed by atoms with Crippen LogP contribution in [0.2, 0.25) is 5.02 Å². The Kier molecular flexibility index (Phi) is 8.07. The third kappa shape index (κ3) is 6.21. The molecule has 32 heavy (non-hydrogen) atoms. The predicted molar refractivity (Wildman–Crippen MR) is 130 cm³/mol. The minimum atomic E-state index is -0.628. The van der Waals surface area contributed by atoms with E-state index in [2.05, 4.69) is 12.2 Å². The second-order valence-corrected chi connectivity index (χ2v) is 8.50. The van der Waals surface area contributed by atoms with Gasteiger partial charge in [-0.2, -0.15) is 0 Å². The molecule has 0 saturated heterocycles. The van der Waals surface area contributed by atoms with E-state index in [1.807, 2.05) is 67.6 Å². The number of hydrogen-bond donors (Lipinski definition) is 1. The molecule has 166 valence electrons. The fraction of sp³-hybridized carbons (Fsp3) is 0.259. The molecule has 0 saturated carbocycles. The number of nitrogens with one attached hydrogen (secondary N) is 1. The molecule has 4 nitrogen and oxygen atoms in total. The average molecular weight is 449 g/mol. The number of hydrogen-bond acceptors (Lipinski definition) is 2. The van der Waals surface area contributed by atoms with Gasteiger partial charge in [-0.25, -0.2) is 0 Å². The second-order valence-electron chi connectivity index (χ2n) is 8.06. The van der Waals surface area contributed by atoms with Crippen LogP contribution in [0.1, 0.15) is 27.8 Å². The fourth-order valence-corrected chi connectivity index (χ4v) is 3.82. The van der Waals surface area contributed by atoms with Crippen LogP contribution in [-0.2, 0) is 29.0 Å². The molecule has 0 radical (unpaired) electrons. The molecule has 0 spiro atoms. The minimum absolute atomic E-state index is 0.0901. The van der Waals surface area contributed by atoms with E-state index in [1.165, 1.54) is 5.56 Å². The van der Waals surface area contributed by atoms with Crippen molar-refractivity contribution in [1.29, 1.82) is 0 Å². The molecule has 0 aliphatic heterocycles. The monoisotopic (exact) mass is 448 g/mol. The van der Waals surface area contributed by atoms with Crippen LogP contribution in [0.3, 0.4) is 0 Å². The first-order valence-electron chi connectivity index (χ1n) is 10.7. The van der Waals surface area contributed by atoms with Gasteiger partial charge in [-0.1, -0.05) is 72.3 Å². The molecule has 0 aliphatic carbocycles. The molecule has 2 amide bonds. The number of halogens is 1. The van der Waals surface area contributed by atoms with Gasteiger partial charge >= 0.3 is 0 Å². The Bertz CT molecular complexity index is 1060. The number of amides is 2. The van der Waals surface area contributed by atoms with Crippen molar-refractivity contribution in [1.82, 2.24) is 10.2 Å². The van der Waals surface area contributed by atoms with Gasteiger partial charge < -0.3 is 10.2 Å². The van der Waals surface area contributed by atoms with Crippen LogP contribution >= 0.6 is 11.6 Å². The number of carbonyl (C=O) groups is 2. The van der Waals surface area contributed by atoms with Crippen LogP contribution in [0.25, 0.3) is 0 Å². The van der Waals surface area contributed by atoms with Crippen LogP contribution < -0.4 is 5.32 Å². The maximum Gasteiger partial charge on any atom is 0.242 e. The topological polar surface area (TPSA) is 49.4 Å². The SMILES string of the molecule is CNC(=O)C(Cc1ccccc1)N(Cc1ccc(Cl)cc1)C(=O)Cc1ccc(C)c(C)c1. The smallest absolute Gasteiger partial charge is 0.242 e. The van der Waals surface area contributed by atoms with Crippen LogP contribution in [0, 0.1) is 13.8 Å². The molecule has 3 aromatic rings. The van der Waals surface area contributed by atoms with Crippen molar-refractivity contribution in [2.45, 2.75) is 39.3 Å². The first-order valence-corrected chi connectivity index (χ1v) is 11.1. The van der Waals surface area contributed by atoms with E-state index in [1.54, 1.807) is 24.1 Å². The van der Waals surface area contributed by atoms with Crippen molar-refractivity contribution in [2.75, 3.05) is 7.05 Å². The highest BCUT2D eigenvalue weighted by Crippen LogP contribution is 2.19. The summed E-state index contributed by atoms with van der Waals surface area (Å²) in [5, 5.41) is 3.38. The summed E-state index contributed by atoms with van der Waals surface area (Å²) < 4.78 is 0. The van der Waals surface area contributed by atoms with Gasteiger partial charge in [-0.05, 0) is 53.8 Å². The Labute approximate surface area is 195 Å². The van der Waals surface area contributed by atoms with Crippen LogP contribution in [0.5, 0.6) is 0 Å². The summed E-state index contributed by atoms with van der Waals surface area (Å²) >= 11 is 6.04. The number of aryl methyl sites for hydroxylation is 2. The lowest BCUT2D eigenvalue weighted by atomic mass is 10.0. The van der Waals surface area contributed by atoms with Crippen LogP contribution in [0.4, 0.5) is 0 Å². The molecular formula is C27H29ClN2O2. The first kappa shape index (κ1) is 23.6. The second kappa shape index (κ2) is 11.0. The fourth-order valence-electron chi connectivity index (χ4n) is 3.70. The average Bonchev–Trinajstić information content (AvgIpc) is 2.80. The van der Waals surface area contributed by atoms with Gasteiger partial charge in [0.1, 0.15) is 6.04 Å². The Morgan fingerprint density at radius 1 is 0.875 bits per heavy atom. The maximum absolute atomic E-state index is 13.6. The molecule has 3 aromatic carbocycles. The van der Waals surface area contributed by atoms with Crippen molar-refractivity contribution >= 4 is 23.4 Å². The Morgan fingerprint density at radius 3 is 2.16 bits per heavy atom. The van der Waals surface area contributed by atoms with Gasteiger partial charge in [0.25, 0.3) is 0 Å². The molecule has 0 bridgehead atoms. The zero-order valence-electron chi connectivity index (χ0n) is 18.8.